The number of rotatable bonds is 2. The highest BCUT2D eigenvalue weighted by atomic mass is 16.6. The average Bonchev–Trinajstić information content (AvgIpc) is 2.52. The molecule has 0 aliphatic rings. The molecule has 0 N–H and O–H groups in total. The van der Waals surface area contributed by atoms with Crippen LogP contribution in [0.5, 0.6) is 0 Å². The summed E-state index contributed by atoms with van der Waals surface area (Å²) >= 11 is 0. The molecule has 0 spiro atoms. The van der Waals surface area contributed by atoms with Crippen molar-refractivity contribution in [1.29, 1.82) is 0 Å². The number of carbonyl (C=O) groups excluding carboxylic acids is 1. The Morgan fingerprint density at radius 3 is 2.62 bits per heavy atom. The molecule has 0 aromatic heterocycles. The standard InChI is InChI=1S/C16H11NO4/c1-21-16(18)14-7-4-5-12(11-14)9-10-13-6-2-3-8-15(13)17(19)20/h2-8,11H,1H3. The van der Waals surface area contributed by atoms with Crippen molar-refractivity contribution in [3.05, 3.63) is 75.3 Å². The van der Waals surface area contributed by atoms with Crippen LogP contribution in [0.15, 0.2) is 48.5 Å². The van der Waals surface area contributed by atoms with Gasteiger partial charge in [0.2, 0.25) is 0 Å². The van der Waals surface area contributed by atoms with Crippen LogP contribution in [0.3, 0.4) is 0 Å². The number of hydrogen-bond donors (Lipinski definition) is 0. The van der Waals surface area contributed by atoms with E-state index in [1.807, 2.05) is 0 Å². The van der Waals surface area contributed by atoms with E-state index < -0.39 is 10.9 Å². The Morgan fingerprint density at radius 1 is 1.14 bits per heavy atom. The topological polar surface area (TPSA) is 69.4 Å². The van der Waals surface area contributed by atoms with Gasteiger partial charge >= 0.3 is 5.97 Å². The monoisotopic (exact) mass is 281 g/mol. The van der Waals surface area contributed by atoms with E-state index in [4.69, 9.17) is 0 Å². The van der Waals surface area contributed by atoms with Gasteiger partial charge in [0, 0.05) is 11.6 Å². The van der Waals surface area contributed by atoms with E-state index >= 15 is 0 Å². The van der Waals surface area contributed by atoms with Crippen LogP contribution < -0.4 is 0 Å². The first kappa shape index (κ1) is 14.3. The zero-order valence-corrected chi connectivity index (χ0v) is 11.2. The Hall–Kier alpha value is -3.13. The maximum Gasteiger partial charge on any atom is 0.337 e. The minimum Gasteiger partial charge on any atom is -0.465 e. The first-order valence-corrected chi connectivity index (χ1v) is 6.05. The molecular weight excluding hydrogens is 270 g/mol. The van der Waals surface area contributed by atoms with Gasteiger partial charge in [0.05, 0.1) is 17.6 Å². The SMILES string of the molecule is COC(=O)c1cccc(C#Cc2ccccc2[N+](=O)[O-])c1. The minimum absolute atomic E-state index is 0.0471. The van der Waals surface area contributed by atoms with E-state index in [-0.39, 0.29) is 5.69 Å². The summed E-state index contributed by atoms with van der Waals surface area (Å²) in [5.74, 6) is 5.11. The molecule has 0 bridgehead atoms. The highest BCUT2D eigenvalue weighted by Crippen LogP contribution is 2.16. The predicted octanol–water partition coefficient (Wildman–Crippen LogP) is 2.78. The summed E-state index contributed by atoms with van der Waals surface area (Å²) < 4.78 is 4.63. The smallest absolute Gasteiger partial charge is 0.337 e. The van der Waals surface area contributed by atoms with Crippen LogP contribution in [0.2, 0.25) is 0 Å². The van der Waals surface area contributed by atoms with Crippen molar-refractivity contribution in [3.63, 3.8) is 0 Å². The molecule has 0 aliphatic heterocycles. The zero-order valence-electron chi connectivity index (χ0n) is 11.2. The number of nitrogens with zero attached hydrogens (tertiary/aromatic N) is 1. The molecule has 0 radical (unpaired) electrons. The number of nitro groups is 1. The fraction of sp³-hybridized carbons (Fsp3) is 0.0625. The summed E-state index contributed by atoms with van der Waals surface area (Å²) in [7, 11) is 1.30. The molecular formula is C16H11NO4. The second kappa shape index (κ2) is 6.35. The highest BCUT2D eigenvalue weighted by molar-refractivity contribution is 5.89. The lowest BCUT2D eigenvalue weighted by Crippen LogP contribution is -2.00. The van der Waals surface area contributed by atoms with Gasteiger partial charge in [-0.3, -0.25) is 10.1 Å². The van der Waals surface area contributed by atoms with Gasteiger partial charge in [-0.15, -0.1) is 0 Å². The summed E-state index contributed by atoms with van der Waals surface area (Å²) in [4.78, 5) is 21.8. The van der Waals surface area contributed by atoms with Crippen LogP contribution in [0.25, 0.3) is 0 Å². The Kier molecular flexibility index (Phi) is 4.32. The summed E-state index contributed by atoms with van der Waals surface area (Å²) in [5, 5.41) is 10.9. The summed E-state index contributed by atoms with van der Waals surface area (Å²) in [6.45, 7) is 0. The van der Waals surface area contributed by atoms with Crippen molar-refractivity contribution >= 4 is 11.7 Å². The predicted molar refractivity (Wildman–Crippen MR) is 76.9 cm³/mol. The van der Waals surface area contributed by atoms with Crippen molar-refractivity contribution in [2.75, 3.05) is 7.11 Å². The van der Waals surface area contributed by atoms with E-state index in [0.29, 0.717) is 16.7 Å². The number of carbonyl (C=O) groups is 1. The first-order chi connectivity index (χ1) is 10.1. The molecule has 2 aromatic carbocycles. The van der Waals surface area contributed by atoms with Crippen molar-refractivity contribution in [1.82, 2.24) is 0 Å². The zero-order chi connectivity index (χ0) is 15.2. The van der Waals surface area contributed by atoms with Gasteiger partial charge in [-0.1, -0.05) is 30.0 Å². The summed E-state index contributed by atoms with van der Waals surface area (Å²) in [6.07, 6.45) is 0. The van der Waals surface area contributed by atoms with E-state index in [1.54, 1.807) is 42.5 Å². The molecule has 0 unspecified atom stereocenters. The van der Waals surface area contributed by atoms with E-state index in [9.17, 15) is 14.9 Å². The van der Waals surface area contributed by atoms with Gasteiger partial charge in [-0.2, -0.15) is 0 Å². The van der Waals surface area contributed by atoms with Crippen molar-refractivity contribution in [3.8, 4) is 11.8 Å². The summed E-state index contributed by atoms with van der Waals surface area (Å²) in [5.41, 5.74) is 1.24. The van der Waals surface area contributed by atoms with E-state index in [2.05, 4.69) is 16.6 Å². The Balaban J connectivity index is 2.36. The third-order valence-corrected chi connectivity index (χ3v) is 2.73. The van der Waals surface area contributed by atoms with Crippen LogP contribution in [0.1, 0.15) is 21.5 Å². The molecule has 0 heterocycles. The van der Waals surface area contributed by atoms with E-state index in [1.165, 1.54) is 13.2 Å². The van der Waals surface area contributed by atoms with Crippen LogP contribution in [0, 0.1) is 22.0 Å². The number of para-hydroxylation sites is 1. The Morgan fingerprint density at radius 2 is 1.90 bits per heavy atom. The minimum atomic E-state index is -0.477. The molecule has 0 saturated heterocycles. The third-order valence-electron chi connectivity index (χ3n) is 2.73. The van der Waals surface area contributed by atoms with Gasteiger partial charge in [0.25, 0.3) is 5.69 Å². The van der Waals surface area contributed by atoms with Crippen LogP contribution in [0.4, 0.5) is 5.69 Å². The van der Waals surface area contributed by atoms with Gasteiger partial charge < -0.3 is 4.74 Å². The van der Waals surface area contributed by atoms with Gasteiger partial charge in [0.15, 0.2) is 0 Å². The van der Waals surface area contributed by atoms with Crippen molar-refractivity contribution < 1.29 is 14.5 Å². The number of methoxy groups -OCH3 is 1. The second-order valence-corrected chi connectivity index (χ2v) is 4.10. The lowest BCUT2D eigenvalue weighted by molar-refractivity contribution is -0.385. The molecule has 5 nitrogen and oxygen atoms in total. The third kappa shape index (κ3) is 3.45. The molecule has 5 heteroatoms. The fourth-order valence-corrected chi connectivity index (χ4v) is 1.72. The lowest BCUT2D eigenvalue weighted by atomic mass is 10.1. The molecule has 0 saturated carbocycles. The number of ether oxygens (including phenoxy) is 1. The first-order valence-electron chi connectivity index (χ1n) is 6.05. The van der Waals surface area contributed by atoms with Crippen molar-refractivity contribution in [2.45, 2.75) is 0 Å². The second-order valence-electron chi connectivity index (χ2n) is 4.10. The van der Waals surface area contributed by atoms with E-state index in [0.717, 1.165) is 0 Å². The molecule has 0 amide bonds. The lowest BCUT2D eigenvalue weighted by Gasteiger charge is -1.98. The van der Waals surface area contributed by atoms with Gasteiger partial charge in [-0.25, -0.2) is 4.79 Å². The summed E-state index contributed by atoms with van der Waals surface area (Å²) in [6, 6.07) is 12.8. The average molecular weight is 281 g/mol. The Labute approximate surface area is 121 Å². The normalized spacial score (nSPS) is 9.38. The molecule has 2 aromatic rings. The number of hydrogen-bond acceptors (Lipinski definition) is 4. The maximum absolute atomic E-state index is 11.4. The largest absolute Gasteiger partial charge is 0.465 e. The molecule has 104 valence electrons. The quantitative estimate of drug-likeness (QED) is 0.367. The molecule has 2 rings (SSSR count). The van der Waals surface area contributed by atoms with Crippen molar-refractivity contribution in [2.24, 2.45) is 0 Å². The van der Waals surface area contributed by atoms with Crippen LogP contribution in [-0.2, 0) is 4.74 Å². The number of esters is 1. The molecule has 0 aliphatic carbocycles. The molecule has 0 atom stereocenters. The number of nitro benzene ring substituents is 1. The van der Waals surface area contributed by atoms with Crippen LogP contribution >= 0.6 is 0 Å². The Bertz CT molecular complexity index is 756. The van der Waals surface area contributed by atoms with Gasteiger partial charge in [-0.05, 0) is 24.3 Å². The molecule has 21 heavy (non-hydrogen) atoms. The fourth-order valence-electron chi connectivity index (χ4n) is 1.72. The highest BCUT2D eigenvalue weighted by Gasteiger charge is 2.09. The van der Waals surface area contributed by atoms with Gasteiger partial charge in [0.1, 0.15) is 5.56 Å². The maximum atomic E-state index is 11.4. The molecule has 0 fully saturated rings. The van der Waals surface area contributed by atoms with Crippen LogP contribution in [-0.4, -0.2) is 18.0 Å². The number of benzene rings is 2.